The fourth-order valence-corrected chi connectivity index (χ4v) is 1.26. The van der Waals surface area contributed by atoms with Crippen LogP contribution in [-0.2, 0) is 14.3 Å². The number of esters is 1. The Bertz CT molecular complexity index is 276. The van der Waals surface area contributed by atoms with E-state index in [2.05, 4.69) is 0 Å². The fraction of sp³-hybridized carbons (Fsp3) is 0.800. The second-order valence-electron chi connectivity index (χ2n) is 4.52. The first-order valence-corrected chi connectivity index (χ1v) is 5.85. The Morgan fingerprint density at radius 2 is 1.62 bits per heavy atom. The minimum atomic E-state index is -1.80. The van der Waals surface area contributed by atoms with Gasteiger partial charge in [0.15, 0.2) is 6.10 Å². The van der Waals surface area contributed by atoms with E-state index in [1.807, 2.05) is 0 Å². The second-order valence-corrected chi connectivity index (χ2v) is 6.89. The predicted molar refractivity (Wildman–Crippen MR) is 64.9 cm³/mol. The summed E-state index contributed by atoms with van der Waals surface area (Å²) in [7, 11) is 0. The molecular formula is C10H15Cl3O3. The summed E-state index contributed by atoms with van der Waals surface area (Å²) >= 11 is 16.9. The molecule has 0 aromatic carbocycles. The van der Waals surface area contributed by atoms with Gasteiger partial charge in [-0.25, -0.2) is 0 Å². The molecule has 0 saturated heterocycles. The Morgan fingerprint density at radius 3 is 1.88 bits per heavy atom. The first kappa shape index (κ1) is 16.0. The van der Waals surface area contributed by atoms with Gasteiger partial charge in [0.2, 0.25) is 3.79 Å². The molecule has 0 aliphatic heterocycles. The smallest absolute Gasteiger partial charge is 0.303 e. The van der Waals surface area contributed by atoms with Gasteiger partial charge in [-0.3, -0.25) is 9.59 Å². The fourth-order valence-electron chi connectivity index (χ4n) is 0.899. The first-order valence-electron chi connectivity index (χ1n) is 4.72. The summed E-state index contributed by atoms with van der Waals surface area (Å²) in [5.74, 6) is -0.719. The molecule has 16 heavy (non-hydrogen) atoms. The second kappa shape index (κ2) is 5.56. The van der Waals surface area contributed by atoms with Crippen LogP contribution >= 0.6 is 34.8 Å². The molecular weight excluding hydrogens is 274 g/mol. The number of carbonyl (C=O) groups is 2. The number of rotatable bonds is 3. The molecule has 0 aromatic rings. The van der Waals surface area contributed by atoms with Crippen molar-refractivity contribution in [1.29, 1.82) is 0 Å². The normalized spacial score (nSPS) is 14.4. The molecule has 0 radical (unpaired) electrons. The van der Waals surface area contributed by atoms with Crippen LogP contribution in [-0.4, -0.2) is 21.6 Å². The van der Waals surface area contributed by atoms with Crippen LogP contribution in [0.25, 0.3) is 0 Å². The highest BCUT2D eigenvalue weighted by atomic mass is 35.6. The van der Waals surface area contributed by atoms with Gasteiger partial charge in [0.05, 0.1) is 0 Å². The molecule has 0 heterocycles. The first-order chi connectivity index (χ1) is 6.94. The maximum absolute atomic E-state index is 11.7. The Labute approximate surface area is 110 Å². The largest absolute Gasteiger partial charge is 0.458 e. The number of hydrogen-bond acceptors (Lipinski definition) is 3. The molecule has 0 aliphatic carbocycles. The Kier molecular flexibility index (Phi) is 5.57. The number of carbonyl (C=O) groups excluding carboxylic acids is 2. The predicted octanol–water partition coefficient (Wildman–Crippen LogP) is 3.29. The van der Waals surface area contributed by atoms with E-state index >= 15 is 0 Å². The molecule has 0 fully saturated rings. The minimum Gasteiger partial charge on any atom is -0.458 e. The lowest BCUT2D eigenvalue weighted by Crippen LogP contribution is -2.36. The van der Waals surface area contributed by atoms with E-state index in [0.29, 0.717) is 0 Å². The van der Waals surface area contributed by atoms with Crippen molar-refractivity contribution in [2.75, 3.05) is 0 Å². The Morgan fingerprint density at radius 1 is 1.19 bits per heavy atom. The molecule has 0 aromatic heterocycles. The van der Waals surface area contributed by atoms with E-state index in [4.69, 9.17) is 39.5 Å². The van der Waals surface area contributed by atoms with E-state index in [9.17, 15) is 9.59 Å². The molecule has 1 atom stereocenters. The molecule has 0 saturated carbocycles. The van der Waals surface area contributed by atoms with Gasteiger partial charge in [-0.05, 0) is 0 Å². The van der Waals surface area contributed by atoms with E-state index in [1.54, 1.807) is 20.8 Å². The number of halogens is 3. The molecule has 3 nitrogen and oxygen atoms in total. The molecule has 0 aliphatic rings. The highest BCUT2D eigenvalue weighted by molar-refractivity contribution is 6.68. The summed E-state index contributed by atoms with van der Waals surface area (Å²) in [5, 5.41) is 0. The Balaban J connectivity index is 4.70. The molecule has 1 unspecified atom stereocenters. The van der Waals surface area contributed by atoms with Crippen molar-refractivity contribution in [3.63, 3.8) is 0 Å². The van der Waals surface area contributed by atoms with Crippen LogP contribution in [0.3, 0.4) is 0 Å². The zero-order valence-corrected chi connectivity index (χ0v) is 11.9. The van der Waals surface area contributed by atoms with E-state index in [-0.39, 0.29) is 12.2 Å². The highest BCUT2D eigenvalue weighted by Gasteiger charge is 2.39. The molecule has 0 bridgehead atoms. The van der Waals surface area contributed by atoms with Crippen molar-refractivity contribution in [2.45, 2.75) is 44.0 Å². The highest BCUT2D eigenvalue weighted by Crippen LogP contribution is 2.35. The van der Waals surface area contributed by atoms with Crippen molar-refractivity contribution in [1.82, 2.24) is 0 Å². The van der Waals surface area contributed by atoms with Gasteiger partial charge >= 0.3 is 5.97 Å². The zero-order chi connectivity index (χ0) is 13.1. The van der Waals surface area contributed by atoms with E-state index in [1.165, 1.54) is 6.92 Å². The summed E-state index contributed by atoms with van der Waals surface area (Å²) in [6.45, 7) is 6.45. The number of alkyl halides is 3. The van der Waals surface area contributed by atoms with Crippen molar-refractivity contribution < 1.29 is 14.3 Å². The maximum atomic E-state index is 11.7. The van der Waals surface area contributed by atoms with Crippen LogP contribution in [0.1, 0.15) is 34.1 Å². The molecule has 0 rings (SSSR count). The average Bonchev–Trinajstić information content (AvgIpc) is 1.98. The standard InChI is InChI=1S/C10H15Cl3O3/c1-6(14)16-8(10(11,12)13)5-7(15)9(2,3)4/h8H,5H2,1-4H3. The van der Waals surface area contributed by atoms with Crippen LogP contribution in [0.4, 0.5) is 0 Å². The summed E-state index contributed by atoms with van der Waals surface area (Å²) in [5.41, 5.74) is -0.561. The van der Waals surface area contributed by atoms with E-state index < -0.39 is 21.3 Å². The van der Waals surface area contributed by atoms with Crippen LogP contribution in [0.2, 0.25) is 0 Å². The summed E-state index contributed by atoms with van der Waals surface area (Å²) < 4.78 is 3.03. The van der Waals surface area contributed by atoms with Crippen LogP contribution in [0.15, 0.2) is 0 Å². The topological polar surface area (TPSA) is 43.4 Å². The van der Waals surface area contributed by atoms with Gasteiger partial charge in [-0.15, -0.1) is 0 Å². The summed E-state index contributed by atoms with van der Waals surface area (Å²) in [4.78, 5) is 22.6. The minimum absolute atomic E-state index is 0.112. The van der Waals surface area contributed by atoms with Gasteiger partial charge in [0.25, 0.3) is 0 Å². The average molecular weight is 290 g/mol. The Hall–Kier alpha value is 0.01000. The van der Waals surface area contributed by atoms with Gasteiger partial charge in [-0.1, -0.05) is 55.6 Å². The molecule has 0 N–H and O–H groups in total. The summed E-state index contributed by atoms with van der Waals surface area (Å²) in [6.07, 6.45) is -1.17. The van der Waals surface area contributed by atoms with Gasteiger partial charge < -0.3 is 4.74 Å². The third-order valence-electron chi connectivity index (χ3n) is 1.88. The van der Waals surface area contributed by atoms with Gasteiger partial charge in [0.1, 0.15) is 5.78 Å². The number of Topliss-reactive ketones (excluding diaryl/α,β-unsaturated/α-hetero) is 1. The third kappa shape index (κ3) is 5.92. The SMILES string of the molecule is CC(=O)OC(CC(=O)C(C)(C)C)C(Cl)(Cl)Cl. The quantitative estimate of drug-likeness (QED) is 0.591. The lowest BCUT2D eigenvalue weighted by atomic mass is 9.88. The lowest BCUT2D eigenvalue weighted by molar-refractivity contribution is -0.148. The van der Waals surface area contributed by atoms with Crippen LogP contribution < -0.4 is 0 Å². The number of hydrogen-bond donors (Lipinski definition) is 0. The maximum Gasteiger partial charge on any atom is 0.303 e. The van der Waals surface area contributed by atoms with Crippen LogP contribution in [0, 0.1) is 5.41 Å². The number of ketones is 1. The van der Waals surface area contributed by atoms with Gasteiger partial charge in [-0.2, -0.15) is 0 Å². The van der Waals surface area contributed by atoms with E-state index in [0.717, 1.165) is 0 Å². The molecule has 6 heteroatoms. The molecule has 0 spiro atoms. The van der Waals surface area contributed by atoms with Gasteiger partial charge in [0, 0.05) is 18.8 Å². The molecule has 0 amide bonds. The monoisotopic (exact) mass is 288 g/mol. The molecule has 94 valence electrons. The van der Waals surface area contributed by atoms with Crippen LogP contribution in [0.5, 0.6) is 0 Å². The lowest BCUT2D eigenvalue weighted by Gasteiger charge is -2.26. The number of ether oxygens (including phenoxy) is 1. The van der Waals surface area contributed by atoms with Crippen molar-refractivity contribution in [3.05, 3.63) is 0 Å². The van der Waals surface area contributed by atoms with Crippen molar-refractivity contribution in [2.24, 2.45) is 5.41 Å². The summed E-state index contributed by atoms with van der Waals surface area (Å²) in [6, 6.07) is 0. The third-order valence-corrected chi connectivity index (χ3v) is 2.61. The zero-order valence-electron chi connectivity index (χ0n) is 9.64. The van der Waals surface area contributed by atoms with Crippen molar-refractivity contribution in [3.8, 4) is 0 Å². The van der Waals surface area contributed by atoms with Crippen molar-refractivity contribution >= 4 is 46.6 Å².